The molecule has 4 rings (SSSR count). The summed E-state index contributed by atoms with van der Waals surface area (Å²) in [6.45, 7) is 2.00. The number of fused-ring (bicyclic) bond motifs is 1. The molecular weight excluding hydrogens is 406 g/mol. The first-order chi connectivity index (χ1) is 15.1. The average molecular weight is 429 g/mol. The van der Waals surface area contributed by atoms with Crippen molar-refractivity contribution in [1.29, 1.82) is 5.41 Å². The Morgan fingerprint density at radius 2 is 1.84 bits per heavy atom. The summed E-state index contributed by atoms with van der Waals surface area (Å²) < 4.78 is 11.3. The number of thiophene rings is 1. The van der Waals surface area contributed by atoms with E-state index in [-0.39, 0.29) is 11.8 Å². The van der Waals surface area contributed by atoms with Crippen LogP contribution in [0.1, 0.15) is 23.1 Å². The molecule has 0 aliphatic carbocycles. The minimum Gasteiger partial charge on any atom is -0.487 e. The largest absolute Gasteiger partial charge is 0.487 e. The molecule has 0 saturated heterocycles. The van der Waals surface area contributed by atoms with Gasteiger partial charge in [-0.15, -0.1) is 11.3 Å². The summed E-state index contributed by atoms with van der Waals surface area (Å²) in [6, 6.07) is 23.6. The lowest BCUT2D eigenvalue weighted by Gasteiger charge is -2.10. The summed E-state index contributed by atoms with van der Waals surface area (Å²) in [7, 11) is 0. The third-order valence-corrected chi connectivity index (χ3v) is 5.36. The molecule has 0 radical (unpaired) electrons. The first kappa shape index (κ1) is 20.5. The average Bonchev–Trinajstić information content (AvgIpc) is 3.29. The molecule has 0 aliphatic rings. The molecule has 4 aromatic rings. The number of nitrogens with zero attached hydrogens (tertiary/aromatic N) is 1. The molecule has 0 bridgehead atoms. The summed E-state index contributed by atoms with van der Waals surface area (Å²) in [4.78, 5) is 5.67. The van der Waals surface area contributed by atoms with E-state index in [4.69, 9.17) is 20.3 Å². The van der Waals surface area contributed by atoms with E-state index in [0.29, 0.717) is 12.2 Å². The van der Waals surface area contributed by atoms with Crippen LogP contribution in [0.5, 0.6) is 5.75 Å². The highest BCUT2D eigenvalue weighted by Gasteiger charge is 2.13. The summed E-state index contributed by atoms with van der Waals surface area (Å²) in [6.07, 6.45) is 1.92. The van der Waals surface area contributed by atoms with E-state index in [2.05, 4.69) is 4.98 Å². The third-order valence-electron chi connectivity index (χ3n) is 4.55. The van der Waals surface area contributed by atoms with Crippen molar-refractivity contribution in [2.24, 2.45) is 0 Å². The van der Waals surface area contributed by atoms with Gasteiger partial charge in [0.25, 0.3) is 0 Å². The van der Waals surface area contributed by atoms with Gasteiger partial charge in [0.1, 0.15) is 12.4 Å². The van der Waals surface area contributed by atoms with Crippen LogP contribution in [0.25, 0.3) is 22.6 Å². The Bertz CT molecular complexity index is 1250. The van der Waals surface area contributed by atoms with Crippen LogP contribution in [0.2, 0.25) is 0 Å². The van der Waals surface area contributed by atoms with E-state index in [0.717, 1.165) is 32.8 Å². The maximum Gasteiger partial charge on any atom is 0.336 e. The predicted octanol–water partition coefficient (Wildman–Crippen LogP) is 4.59. The zero-order valence-corrected chi connectivity index (χ0v) is 17.9. The van der Waals surface area contributed by atoms with Gasteiger partial charge in [0.2, 0.25) is 5.90 Å². The standard InChI is InChI=1S/C25H21N3O2S/c1-17(26)30-25(27)23(15-22-6-4-14-31-22)18-9-12-21(13-10-18)29-16-20-11-8-19-5-2-3-7-24(19)28-20/h2-15,26-27H,16H2,1H3/p+1/b23-15+,26-17?,27-25?. The molecule has 0 atom stereocenters. The third kappa shape index (κ3) is 5.24. The fourth-order valence-electron chi connectivity index (χ4n) is 3.09. The molecule has 0 amide bonds. The molecule has 3 N–H and O–H groups in total. The van der Waals surface area contributed by atoms with Gasteiger partial charge >= 0.3 is 5.90 Å². The zero-order valence-electron chi connectivity index (χ0n) is 17.0. The predicted molar refractivity (Wildman–Crippen MR) is 126 cm³/mol. The highest BCUT2D eigenvalue weighted by Crippen LogP contribution is 2.25. The van der Waals surface area contributed by atoms with Gasteiger partial charge in [-0.1, -0.05) is 42.5 Å². The molecule has 0 aliphatic heterocycles. The molecule has 154 valence electrons. The van der Waals surface area contributed by atoms with Gasteiger partial charge in [0.15, 0.2) is 0 Å². The van der Waals surface area contributed by atoms with Gasteiger partial charge < -0.3 is 9.47 Å². The van der Waals surface area contributed by atoms with Crippen molar-refractivity contribution in [1.82, 2.24) is 4.98 Å². The molecule has 0 fully saturated rings. The number of hydrogen-bond acceptors (Lipinski definition) is 5. The van der Waals surface area contributed by atoms with Crippen LogP contribution in [-0.4, -0.2) is 16.8 Å². The number of nitrogens with two attached hydrogens (primary N) is 1. The number of benzene rings is 2. The molecular formula is C25H22N3O2S+. The normalized spacial score (nSPS) is 11.3. The fraction of sp³-hybridized carbons (Fsp3) is 0.0800. The Hall–Kier alpha value is -3.77. The van der Waals surface area contributed by atoms with E-state index in [1.807, 2.05) is 84.3 Å². The van der Waals surface area contributed by atoms with Gasteiger partial charge in [-0.05, 0) is 47.4 Å². The molecule has 0 saturated carbocycles. The molecule has 2 aromatic carbocycles. The number of pyridine rings is 1. The maximum absolute atomic E-state index is 8.30. The van der Waals surface area contributed by atoms with Crippen LogP contribution in [0.4, 0.5) is 0 Å². The van der Waals surface area contributed by atoms with E-state index in [1.54, 1.807) is 18.3 Å². The number of ether oxygens (including phenoxy) is 2. The lowest BCUT2D eigenvalue weighted by molar-refractivity contribution is -0.132. The van der Waals surface area contributed by atoms with Crippen LogP contribution < -0.4 is 10.1 Å². The second-order valence-corrected chi connectivity index (χ2v) is 7.90. The van der Waals surface area contributed by atoms with Crippen LogP contribution in [0.3, 0.4) is 0 Å². The van der Waals surface area contributed by atoms with E-state index in [9.17, 15) is 0 Å². The SMILES string of the molecule is CC(=[NH2+])OC(=N)/C(=C/c1cccs1)c1ccc(OCc2ccc3ccccc3n2)cc1. The summed E-state index contributed by atoms with van der Waals surface area (Å²) >= 11 is 1.59. The number of para-hydroxylation sites is 1. The molecule has 0 spiro atoms. The highest BCUT2D eigenvalue weighted by atomic mass is 32.1. The quantitative estimate of drug-likeness (QED) is 0.348. The van der Waals surface area contributed by atoms with Crippen molar-refractivity contribution >= 4 is 45.7 Å². The maximum atomic E-state index is 8.30. The highest BCUT2D eigenvalue weighted by molar-refractivity contribution is 7.11. The number of rotatable bonds is 6. The van der Waals surface area contributed by atoms with Gasteiger partial charge in [-0.25, -0.2) is 10.4 Å². The summed E-state index contributed by atoms with van der Waals surface area (Å²) in [5.74, 6) is 0.954. The number of aromatic nitrogens is 1. The van der Waals surface area contributed by atoms with E-state index in [1.165, 1.54) is 0 Å². The smallest absolute Gasteiger partial charge is 0.336 e. The Balaban J connectivity index is 1.50. The zero-order chi connectivity index (χ0) is 21.6. The van der Waals surface area contributed by atoms with Crippen molar-refractivity contribution < 1.29 is 14.9 Å². The van der Waals surface area contributed by atoms with Crippen molar-refractivity contribution in [3.05, 3.63) is 94.3 Å². The summed E-state index contributed by atoms with van der Waals surface area (Å²) in [5.41, 5.74) is 3.31. The van der Waals surface area contributed by atoms with Crippen LogP contribution >= 0.6 is 11.3 Å². The lowest BCUT2D eigenvalue weighted by Crippen LogP contribution is -2.40. The van der Waals surface area contributed by atoms with Crippen LogP contribution in [0, 0.1) is 5.41 Å². The lowest BCUT2D eigenvalue weighted by atomic mass is 10.0. The second-order valence-electron chi connectivity index (χ2n) is 6.92. The van der Waals surface area contributed by atoms with Gasteiger partial charge in [-0.2, -0.15) is 0 Å². The first-order valence-electron chi connectivity index (χ1n) is 9.77. The van der Waals surface area contributed by atoms with Crippen molar-refractivity contribution in [2.75, 3.05) is 0 Å². The minimum absolute atomic E-state index is 0.00225. The van der Waals surface area contributed by atoms with Crippen LogP contribution in [0.15, 0.2) is 78.2 Å². The second kappa shape index (κ2) is 9.36. The van der Waals surface area contributed by atoms with E-state index < -0.39 is 0 Å². The fourth-order valence-corrected chi connectivity index (χ4v) is 3.75. The van der Waals surface area contributed by atoms with Crippen molar-refractivity contribution in [2.45, 2.75) is 13.5 Å². The number of hydrogen-bond donors (Lipinski definition) is 2. The topological polar surface area (TPSA) is 80.8 Å². The van der Waals surface area contributed by atoms with Crippen LogP contribution in [-0.2, 0) is 11.3 Å². The van der Waals surface area contributed by atoms with Crippen molar-refractivity contribution in [3.63, 3.8) is 0 Å². The molecule has 5 nitrogen and oxygen atoms in total. The summed E-state index contributed by atoms with van der Waals surface area (Å²) in [5, 5.41) is 17.0. The van der Waals surface area contributed by atoms with Gasteiger partial charge in [0.05, 0.1) is 18.1 Å². The first-order valence-corrected chi connectivity index (χ1v) is 10.7. The van der Waals surface area contributed by atoms with Gasteiger partial charge in [0, 0.05) is 15.8 Å². The Morgan fingerprint density at radius 3 is 2.58 bits per heavy atom. The van der Waals surface area contributed by atoms with Gasteiger partial charge in [-0.3, -0.25) is 5.41 Å². The van der Waals surface area contributed by atoms with Crippen molar-refractivity contribution in [3.8, 4) is 5.75 Å². The minimum atomic E-state index is 0.00225. The molecule has 0 unspecified atom stereocenters. The Kier molecular flexibility index (Phi) is 6.19. The Labute approximate surface area is 184 Å². The molecule has 2 aromatic heterocycles. The Morgan fingerprint density at radius 1 is 1.03 bits per heavy atom. The molecule has 2 heterocycles. The number of nitrogens with one attached hydrogen (secondary N) is 1. The molecule has 6 heteroatoms. The van der Waals surface area contributed by atoms with E-state index >= 15 is 0 Å². The monoisotopic (exact) mass is 428 g/mol. The molecule has 31 heavy (non-hydrogen) atoms.